The molecule has 4 atom stereocenters. The lowest BCUT2D eigenvalue weighted by Gasteiger charge is -2.16. The van der Waals surface area contributed by atoms with E-state index in [2.05, 4.69) is 15.0 Å². The molecular weight excluding hydrogens is 266 g/mol. The highest BCUT2D eigenvalue weighted by Gasteiger charge is 2.44. The number of imidazole rings is 1. The summed E-state index contributed by atoms with van der Waals surface area (Å²) in [6.07, 6.45) is -2.70. The fourth-order valence-electron chi connectivity index (χ4n) is 2.35. The van der Waals surface area contributed by atoms with Gasteiger partial charge in [0.25, 0.3) is 0 Å². The van der Waals surface area contributed by atoms with Crippen LogP contribution in [0.25, 0.3) is 11.2 Å². The van der Waals surface area contributed by atoms with Gasteiger partial charge in [-0.25, -0.2) is 15.0 Å². The fraction of sp³-hybridized carbons (Fsp3) is 0.545. The van der Waals surface area contributed by atoms with Gasteiger partial charge in [0.05, 0.1) is 12.9 Å². The van der Waals surface area contributed by atoms with Crippen LogP contribution in [0, 0.1) is 6.92 Å². The molecule has 0 aliphatic carbocycles. The highest BCUT2D eigenvalue weighted by molar-refractivity contribution is 5.81. The van der Waals surface area contributed by atoms with E-state index in [9.17, 15) is 10.2 Å². The van der Waals surface area contributed by atoms with Gasteiger partial charge in [0, 0.05) is 0 Å². The summed E-state index contributed by atoms with van der Waals surface area (Å²) >= 11 is 0. The van der Waals surface area contributed by atoms with Crippen molar-refractivity contribution in [3.63, 3.8) is 0 Å². The Balaban J connectivity index is 2.07. The first-order valence-corrected chi connectivity index (χ1v) is 6.12. The third-order valence-corrected chi connectivity index (χ3v) is 3.35. The molecule has 1 saturated heterocycles. The number of fused-ring (bicyclic) bond motifs is 1. The number of aromatic nitrogens is 4. The van der Waals surface area contributed by atoms with Gasteiger partial charge < -0.3 is 25.8 Å². The van der Waals surface area contributed by atoms with Crippen molar-refractivity contribution in [3.8, 4) is 0 Å². The normalized spacial score (nSPS) is 30.2. The maximum Gasteiger partial charge on any atom is 0.167 e. The van der Waals surface area contributed by atoms with E-state index in [0.29, 0.717) is 17.0 Å². The van der Waals surface area contributed by atoms with Gasteiger partial charge in [-0.2, -0.15) is 0 Å². The van der Waals surface area contributed by atoms with Gasteiger partial charge in [-0.1, -0.05) is 0 Å². The van der Waals surface area contributed by atoms with Crippen molar-refractivity contribution in [1.82, 2.24) is 19.5 Å². The second-order valence-electron chi connectivity index (χ2n) is 4.71. The van der Waals surface area contributed by atoms with Crippen molar-refractivity contribution >= 4 is 17.0 Å². The van der Waals surface area contributed by atoms with Crippen LogP contribution in [-0.4, -0.2) is 59.8 Å². The van der Waals surface area contributed by atoms with Crippen molar-refractivity contribution in [1.29, 1.82) is 0 Å². The van der Waals surface area contributed by atoms with Gasteiger partial charge in [-0.15, -0.1) is 0 Å². The zero-order chi connectivity index (χ0) is 14.4. The minimum absolute atomic E-state index is 0.234. The molecule has 1 aliphatic heterocycles. The Kier molecular flexibility index (Phi) is 3.05. The second kappa shape index (κ2) is 4.63. The van der Waals surface area contributed by atoms with E-state index < -0.39 is 31.1 Å². The molecule has 3 heterocycles. The van der Waals surface area contributed by atoms with Crippen LogP contribution in [0.1, 0.15) is 12.1 Å². The van der Waals surface area contributed by atoms with Crippen LogP contribution < -0.4 is 5.73 Å². The first-order valence-electron chi connectivity index (χ1n) is 6.12. The van der Waals surface area contributed by atoms with E-state index in [1.165, 1.54) is 10.9 Å². The van der Waals surface area contributed by atoms with E-state index in [0.717, 1.165) is 0 Å². The summed E-state index contributed by atoms with van der Waals surface area (Å²) in [4.78, 5) is 12.3. The number of ether oxygens (including phenoxy) is 1. The quantitative estimate of drug-likeness (QED) is 0.512. The fourth-order valence-corrected chi connectivity index (χ4v) is 2.35. The Morgan fingerprint density at radius 3 is 2.75 bits per heavy atom. The highest BCUT2D eigenvalue weighted by atomic mass is 16.6. The maximum atomic E-state index is 10.0. The summed E-state index contributed by atoms with van der Waals surface area (Å²) < 4.78 is 6.92. The van der Waals surface area contributed by atoms with E-state index in [1.54, 1.807) is 6.92 Å². The van der Waals surface area contributed by atoms with Gasteiger partial charge in [0.1, 0.15) is 29.7 Å². The number of aryl methyl sites for hydroxylation is 1. The average Bonchev–Trinajstić information content (AvgIpc) is 2.93. The molecule has 9 nitrogen and oxygen atoms in total. The Morgan fingerprint density at radius 1 is 1.35 bits per heavy atom. The molecular formula is C11H15N5O4. The summed E-state index contributed by atoms with van der Waals surface area (Å²) in [6.45, 7) is 1.29. The van der Waals surface area contributed by atoms with Crippen LogP contribution in [0.15, 0.2) is 6.33 Å². The SMILES string of the molecule is Cc1nc(N)c2ncn(C3O[C@H](CO)[C@@H](O)[C@H]3O)c2n1. The summed E-state index contributed by atoms with van der Waals surface area (Å²) in [5.74, 6) is 0.696. The van der Waals surface area contributed by atoms with Crippen molar-refractivity contribution in [2.24, 2.45) is 0 Å². The number of aliphatic hydroxyl groups excluding tert-OH is 3. The van der Waals surface area contributed by atoms with E-state index in [4.69, 9.17) is 15.6 Å². The molecule has 3 rings (SSSR count). The molecule has 20 heavy (non-hydrogen) atoms. The van der Waals surface area contributed by atoms with Crippen LogP contribution in [0.3, 0.4) is 0 Å². The van der Waals surface area contributed by atoms with Gasteiger partial charge in [-0.05, 0) is 6.92 Å². The molecule has 108 valence electrons. The molecule has 9 heteroatoms. The minimum Gasteiger partial charge on any atom is -0.394 e. The first-order chi connectivity index (χ1) is 9.52. The lowest BCUT2D eigenvalue weighted by molar-refractivity contribution is -0.0511. The minimum atomic E-state index is -1.19. The van der Waals surface area contributed by atoms with Crippen molar-refractivity contribution < 1.29 is 20.1 Å². The van der Waals surface area contributed by atoms with Crippen LogP contribution in [0.4, 0.5) is 5.82 Å². The molecule has 2 aromatic rings. The molecule has 0 bridgehead atoms. The molecule has 0 aromatic carbocycles. The van der Waals surface area contributed by atoms with Gasteiger partial charge in [0.2, 0.25) is 0 Å². The standard InChI is InChI=1S/C11H15N5O4/c1-4-14-9(12)6-10(15-4)16(3-13-6)11-8(19)7(18)5(2-17)20-11/h3,5,7-8,11,17-19H,2H2,1H3,(H2,12,14,15)/t5-,7-,8-,11?/m1/s1. The highest BCUT2D eigenvalue weighted by Crippen LogP contribution is 2.31. The largest absolute Gasteiger partial charge is 0.394 e. The average molecular weight is 281 g/mol. The Morgan fingerprint density at radius 2 is 2.10 bits per heavy atom. The molecule has 0 saturated carbocycles. The number of hydrogen-bond acceptors (Lipinski definition) is 8. The predicted molar refractivity (Wildman–Crippen MR) is 67.5 cm³/mol. The first kappa shape index (κ1) is 13.2. The van der Waals surface area contributed by atoms with Gasteiger partial charge in [0.15, 0.2) is 17.7 Å². The lowest BCUT2D eigenvalue weighted by atomic mass is 10.1. The summed E-state index contributed by atoms with van der Waals surface area (Å²) in [7, 11) is 0. The van der Waals surface area contributed by atoms with Crippen molar-refractivity contribution in [2.45, 2.75) is 31.5 Å². The molecule has 1 fully saturated rings. The second-order valence-corrected chi connectivity index (χ2v) is 4.71. The van der Waals surface area contributed by atoms with Gasteiger partial charge >= 0.3 is 0 Å². The molecule has 0 radical (unpaired) electrons. The summed E-state index contributed by atoms with van der Waals surface area (Å²) in [6, 6.07) is 0. The van der Waals surface area contributed by atoms with Crippen molar-refractivity contribution in [3.05, 3.63) is 12.2 Å². The molecule has 2 aromatic heterocycles. The van der Waals surface area contributed by atoms with E-state index in [1.807, 2.05) is 0 Å². The lowest BCUT2D eigenvalue weighted by Crippen LogP contribution is -2.33. The number of hydrogen-bond donors (Lipinski definition) is 4. The van der Waals surface area contributed by atoms with Crippen LogP contribution in [0.2, 0.25) is 0 Å². The maximum absolute atomic E-state index is 10.0. The monoisotopic (exact) mass is 281 g/mol. The Bertz CT molecular complexity index is 645. The van der Waals surface area contributed by atoms with Crippen molar-refractivity contribution in [2.75, 3.05) is 12.3 Å². The number of nitrogens with two attached hydrogens (primary N) is 1. The zero-order valence-electron chi connectivity index (χ0n) is 10.7. The third-order valence-electron chi connectivity index (χ3n) is 3.35. The number of aliphatic hydroxyl groups is 3. The topological polar surface area (TPSA) is 140 Å². The smallest absolute Gasteiger partial charge is 0.167 e. The van der Waals surface area contributed by atoms with Gasteiger partial charge in [-0.3, -0.25) is 4.57 Å². The van der Waals surface area contributed by atoms with Crippen LogP contribution >= 0.6 is 0 Å². The van der Waals surface area contributed by atoms with E-state index >= 15 is 0 Å². The number of nitrogens with zero attached hydrogens (tertiary/aromatic N) is 4. The zero-order valence-corrected chi connectivity index (χ0v) is 10.7. The summed E-state index contributed by atoms with van der Waals surface area (Å²) in [5, 5.41) is 28.9. The Labute approximate surface area is 113 Å². The van der Waals surface area contributed by atoms with Crippen LogP contribution in [-0.2, 0) is 4.74 Å². The number of nitrogen functional groups attached to an aromatic ring is 1. The molecule has 5 N–H and O–H groups in total. The van der Waals surface area contributed by atoms with Crippen LogP contribution in [0.5, 0.6) is 0 Å². The Hall–Kier alpha value is -1.81. The van der Waals surface area contributed by atoms with E-state index in [-0.39, 0.29) is 5.82 Å². The summed E-state index contributed by atoms with van der Waals surface area (Å²) in [5.41, 5.74) is 6.57. The molecule has 0 spiro atoms. The molecule has 1 unspecified atom stereocenters. The number of anilines is 1. The predicted octanol–water partition coefficient (Wildman–Crippen LogP) is -1.67. The molecule has 1 aliphatic rings. The third kappa shape index (κ3) is 1.83. The molecule has 0 amide bonds. The number of rotatable bonds is 2.